The van der Waals surface area contributed by atoms with Crippen molar-refractivity contribution >= 4 is 0 Å². The number of rotatable bonds is 4. The molecule has 2 aromatic heterocycles. The fraction of sp³-hybridized carbons (Fsp3) is 0.500. The van der Waals surface area contributed by atoms with Crippen molar-refractivity contribution in [3.05, 3.63) is 47.5 Å². The van der Waals surface area contributed by atoms with Crippen molar-refractivity contribution in [3.63, 3.8) is 0 Å². The van der Waals surface area contributed by atoms with E-state index in [9.17, 15) is 0 Å². The van der Waals surface area contributed by atoms with Gasteiger partial charge in [-0.05, 0) is 24.1 Å². The Morgan fingerprint density at radius 1 is 1.05 bits per heavy atom. The van der Waals surface area contributed by atoms with Gasteiger partial charge in [0.25, 0.3) is 0 Å². The van der Waals surface area contributed by atoms with Crippen molar-refractivity contribution in [1.29, 1.82) is 0 Å². The quantitative estimate of drug-likeness (QED) is 0.852. The fourth-order valence-corrected chi connectivity index (χ4v) is 2.87. The molecule has 0 spiro atoms. The monoisotopic (exact) mass is 285 g/mol. The van der Waals surface area contributed by atoms with E-state index in [1.54, 1.807) is 0 Å². The molecule has 0 unspecified atom stereocenters. The number of hydrogen-bond donors (Lipinski definition) is 0. The highest BCUT2D eigenvalue weighted by atomic mass is 15.3. The fourth-order valence-electron chi connectivity index (χ4n) is 2.87. The molecule has 0 amide bonds. The normalized spacial score (nSPS) is 17.2. The average Bonchev–Trinajstić information content (AvgIpc) is 2.82. The zero-order valence-electron chi connectivity index (χ0n) is 12.9. The number of nitrogens with zero attached hydrogens (tertiary/aromatic N) is 5. The molecule has 0 radical (unpaired) electrons. The lowest BCUT2D eigenvalue weighted by Gasteiger charge is -2.34. The maximum absolute atomic E-state index is 4.33. The van der Waals surface area contributed by atoms with Gasteiger partial charge in [0, 0.05) is 58.7 Å². The minimum atomic E-state index is 1.00. The lowest BCUT2D eigenvalue weighted by molar-refractivity contribution is 0.119. The summed E-state index contributed by atoms with van der Waals surface area (Å²) < 4.78 is 2.00. The largest absolute Gasteiger partial charge is 0.296 e. The lowest BCUT2D eigenvalue weighted by atomic mass is 10.2. The van der Waals surface area contributed by atoms with Gasteiger partial charge in [0.2, 0.25) is 0 Å². The van der Waals surface area contributed by atoms with Gasteiger partial charge in [-0.15, -0.1) is 0 Å². The van der Waals surface area contributed by atoms with Gasteiger partial charge in [0.15, 0.2) is 0 Å². The summed E-state index contributed by atoms with van der Waals surface area (Å²) in [5.41, 5.74) is 3.92. The first kappa shape index (κ1) is 14.2. The van der Waals surface area contributed by atoms with E-state index < -0.39 is 0 Å². The van der Waals surface area contributed by atoms with Gasteiger partial charge in [-0.1, -0.05) is 6.07 Å². The molecule has 2 aromatic rings. The van der Waals surface area contributed by atoms with Crippen LogP contribution in [0.4, 0.5) is 0 Å². The minimum Gasteiger partial charge on any atom is -0.296 e. The third-order valence-corrected chi connectivity index (χ3v) is 4.24. The van der Waals surface area contributed by atoms with Gasteiger partial charge >= 0.3 is 0 Å². The van der Waals surface area contributed by atoms with Crippen LogP contribution < -0.4 is 0 Å². The van der Waals surface area contributed by atoms with Crippen LogP contribution in [0.15, 0.2) is 30.7 Å². The van der Waals surface area contributed by atoms with Crippen molar-refractivity contribution in [2.75, 3.05) is 26.2 Å². The number of piperazine rings is 1. The zero-order chi connectivity index (χ0) is 14.7. The topological polar surface area (TPSA) is 37.2 Å². The Bertz CT molecular complexity index is 550. The van der Waals surface area contributed by atoms with E-state index in [0.717, 1.165) is 39.3 Å². The van der Waals surface area contributed by atoms with Gasteiger partial charge in [-0.2, -0.15) is 5.10 Å². The van der Waals surface area contributed by atoms with Gasteiger partial charge in [-0.3, -0.25) is 19.5 Å². The smallest absolute Gasteiger partial charge is 0.0550 e. The molecule has 1 saturated heterocycles. The predicted octanol–water partition coefficient (Wildman–Crippen LogP) is 1.44. The second-order valence-electron chi connectivity index (χ2n) is 5.81. The second kappa shape index (κ2) is 6.37. The highest BCUT2D eigenvalue weighted by Crippen LogP contribution is 2.13. The van der Waals surface area contributed by atoms with Crippen LogP contribution in [0.1, 0.15) is 16.8 Å². The van der Waals surface area contributed by atoms with Crippen molar-refractivity contribution in [3.8, 4) is 0 Å². The first-order chi connectivity index (χ1) is 10.2. The molecule has 5 nitrogen and oxygen atoms in total. The van der Waals surface area contributed by atoms with Crippen LogP contribution in [-0.4, -0.2) is 50.7 Å². The predicted molar refractivity (Wildman–Crippen MR) is 82.7 cm³/mol. The van der Waals surface area contributed by atoms with Crippen LogP contribution in [0.25, 0.3) is 0 Å². The molecule has 0 N–H and O–H groups in total. The number of hydrogen-bond acceptors (Lipinski definition) is 4. The zero-order valence-corrected chi connectivity index (χ0v) is 12.9. The Labute approximate surface area is 126 Å². The summed E-state index contributed by atoms with van der Waals surface area (Å²) in [4.78, 5) is 9.21. The average molecular weight is 285 g/mol. The molecule has 0 aliphatic carbocycles. The summed E-state index contributed by atoms with van der Waals surface area (Å²) in [6, 6.07) is 4.16. The molecule has 1 fully saturated rings. The molecule has 3 rings (SSSR count). The van der Waals surface area contributed by atoms with Crippen molar-refractivity contribution in [2.45, 2.75) is 20.0 Å². The van der Waals surface area contributed by atoms with Crippen LogP contribution in [0.3, 0.4) is 0 Å². The van der Waals surface area contributed by atoms with Crippen molar-refractivity contribution < 1.29 is 0 Å². The molecule has 0 aromatic carbocycles. The van der Waals surface area contributed by atoms with Gasteiger partial charge in [0.1, 0.15) is 0 Å². The van der Waals surface area contributed by atoms with E-state index >= 15 is 0 Å². The molecule has 0 bridgehead atoms. The molecule has 3 heterocycles. The Kier molecular flexibility index (Phi) is 4.31. The Morgan fingerprint density at radius 3 is 2.33 bits per heavy atom. The Morgan fingerprint density at radius 2 is 1.76 bits per heavy atom. The SMILES string of the molecule is Cc1cnn(C)c1CN1CCN(Cc2cccnc2)CC1. The van der Waals surface area contributed by atoms with Crippen LogP contribution in [0, 0.1) is 6.92 Å². The van der Waals surface area contributed by atoms with E-state index in [0.29, 0.717) is 0 Å². The maximum Gasteiger partial charge on any atom is 0.0550 e. The summed E-state index contributed by atoms with van der Waals surface area (Å²) in [5.74, 6) is 0. The molecule has 1 aliphatic heterocycles. The van der Waals surface area contributed by atoms with Crippen molar-refractivity contribution in [2.24, 2.45) is 7.05 Å². The van der Waals surface area contributed by atoms with E-state index in [1.165, 1.54) is 16.8 Å². The molecule has 0 atom stereocenters. The third-order valence-electron chi connectivity index (χ3n) is 4.24. The molecular formula is C16H23N5. The summed E-state index contributed by atoms with van der Waals surface area (Å²) in [7, 11) is 2.03. The molecule has 112 valence electrons. The highest BCUT2D eigenvalue weighted by molar-refractivity contribution is 5.15. The van der Waals surface area contributed by atoms with Crippen LogP contribution in [0.5, 0.6) is 0 Å². The van der Waals surface area contributed by atoms with Gasteiger partial charge < -0.3 is 0 Å². The lowest BCUT2D eigenvalue weighted by Crippen LogP contribution is -2.45. The van der Waals surface area contributed by atoms with Crippen molar-refractivity contribution in [1.82, 2.24) is 24.6 Å². The molecule has 0 saturated carbocycles. The summed E-state index contributed by atoms with van der Waals surface area (Å²) in [5, 5.41) is 4.33. The van der Waals surface area contributed by atoms with Gasteiger partial charge in [-0.25, -0.2) is 0 Å². The Hall–Kier alpha value is -1.72. The molecular weight excluding hydrogens is 262 g/mol. The van der Waals surface area contributed by atoms with Crippen LogP contribution in [-0.2, 0) is 20.1 Å². The summed E-state index contributed by atoms with van der Waals surface area (Å²) in [6.07, 6.45) is 5.75. The van der Waals surface area contributed by atoms with Gasteiger partial charge in [0.05, 0.1) is 11.9 Å². The van der Waals surface area contributed by atoms with E-state index in [2.05, 4.69) is 32.9 Å². The van der Waals surface area contributed by atoms with Crippen LogP contribution in [0.2, 0.25) is 0 Å². The maximum atomic E-state index is 4.33. The number of pyridine rings is 1. The number of aromatic nitrogens is 3. The molecule has 21 heavy (non-hydrogen) atoms. The highest BCUT2D eigenvalue weighted by Gasteiger charge is 2.18. The standard InChI is InChI=1S/C16H23N5/c1-14-10-18-19(2)16(14)13-21-8-6-20(7-9-21)12-15-4-3-5-17-11-15/h3-5,10-11H,6-9,12-13H2,1-2H3. The van der Waals surface area contributed by atoms with E-state index in [1.807, 2.05) is 36.4 Å². The molecule has 1 aliphatic rings. The van der Waals surface area contributed by atoms with Crippen LogP contribution >= 0.6 is 0 Å². The minimum absolute atomic E-state index is 1.00. The number of aryl methyl sites for hydroxylation is 2. The summed E-state index contributed by atoms with van der Waals surface area (Å²) in [6.45, 7) is 8.61. The summed E-state index contributed by atoms with van der Waals surface area (Å²) >= 11 is 0. The second-order valence-corrected chi connectivity index (χ2v) is 5.81. The van der Waals surface area contributed by atoms with E-state index in [-0.39, 0.29) is 0 Å². The first-order valence-corrected chi connectivity index (χ1v) is 7.53. The Balaban J connectivity index is 1.51. The third kappa shape index (κ3) is 3.49. The first-order valence-electron chi connectivity index (χ1n) is 7.53. The molecule has 5 heteroatoms. The van der Waals surface area contributed by atoms with E-state index in [4.69, 9.17) is 0 Å².